The highest BCUT2D eigenvalue weighted by atomic mass is 16.6. The van der Waals surface area contributed by atoms with E-state index in [1.165, 1.54) is 25.1 Å². The zero-order valence-corrected chi connectivity index (χ0v) is 12.2. The van der Waals surface area contributed by atoms with E-state index in [2.05, 4.69) is 5.32 Å². The number of nitro groups is 1. The molecular formula is C15H15N3O4. The number of nitro benzene ring substituents is 1. The molecule has 0 spiro atoms. The summed E-state index contributed by atoms with van der Waals surface area (Å²) in [6.45, 7) is 1.69. The van der Waals surface area contributed by atoms with Crippen LogP contribution in [0.3, 0.4) is 0 Å². The lowest BCUT2D eigenvalue weighted by molar-refractivity contribution is -0.384. The summed E-state index contributed by atoms with van der Waals surface area (Å²) in [4.78, 5) is 33.5. The molecule has 7 heteroatoms. The van der Waals surface area contributed by atoms with Crippen molar-refractivity contribution < 1.29 is 14.5 Å². The van der Waals surface area contributed by atoms with Gasteiger partial charge in [0.2, 0.25) is 0 Å². The highest BCUT2D eigenvalue weighted by molar-refractivity contribution is 5.99. The fourth-order valence-electron chi connectivity index (χ4n) is 1.99. The van der Waals surface area contributed by atoms with Gasteiger partial charge in [-0.15, -0.1) is 0 Å². The van der Waals surface area contributed by atoms with Gasteiger partial charge in [0, 0.05) is 37.5 Å². The van der Waals surface area contributed by atoms with Crippen molar-refractivity contribution >= 4 is 17.4 Å². The van der Waals surface area contributed by atoms with Gasteiger partial charge in [-0.3, -0.25) is 19.7 Å². The molecule has 0 saturated carbocycles. The van der Waals surface area contributed by atoms with Gasteiger partial charge >= 0.3 is 0 Å². The van der Waals surface area contributed by atoms with Crippen LogP contribution in [0.2, 0.25) is 0 Å². The van der Waals surface area contributed by atoms with Crippen LogP contribution in [-0.2, 0) is 13.6 Å². The highest BCUT2D eigenvalue weighted by Gasteiger charge is 2.13. The Hall–Kier alpha value is -2.96. The molecule has 0 saturated heterocycles. The Balaban J connectivity index is 2.03. The van der Waals surface area contributed by atoms with E-state index < -0.39 is 4.92 Å². The molecule has 1 N–H and O–H groups in total. The average Bonchev–Trinajstić information content (AvgIpc) is 2.87. The monoisotopic (exact) mass is 301 g/mol. The van der Waals surface area contributed by atoms with Crippen molar-refractivity contribution in [1.29, 1.82) is 0 Å². The number of aryl methyl sites for hydroxylation is 1. The number of nitrogens with zero attached hydrogens (tertiary/aromatic N) is 2. The van der Waals surface area contributed by atoms with Gasteiger partial charge in [0.15, 0.2) is 5.78 Å². The molecule has 0 aliphatic carbocycles. The molecule has 114 valence electrons. The van der Waals surface area contributed by atoms with Crippen molar-refractivity contribution in [2.75, 3.05) is 0 Å². The molecule has 0 fully saturated rings. The maximum absolute atomic E-state index is 12.1. The number of hydrogen-bond donors (Lipinski definition) is 1. The Morgan fingerprint density at radius 1 is 1.27 bits per heavy atom. The maximum Gasteiger partial charge on any atom is 0.269 e. The molecule has 22 heavy (non-hydrogen) atoms. The quantitative estimate of drug-likeness (QED) is 0.519. The lowest BCUT2D eigenvalue weighted by Gasteiger charge is -2.06. The second kappa shape index (κ2) is 6.21. The largest absolute Gasteiger partial charge is 0.347 e. The van der Waals surface area contributed by atoms with Crippen molar-refractivity contribution in [3.63, 3.8) is 0 Å². The minimum atomic E-state index is -0.477. The third-order valence-corrected chi connectivity index (χ3v) is 3.24. The number of carbonyl (C=O) groups excluding carboxylic acids is 2. The van der Waals surface area contributed by atoms with Gasteiger partial charge in [0.25, 0.3) is 11.6 Å². The first-order valence-electron chi connectivity index (χ1n) is 6.57. The highest BCUT2D eigenvalue weighted by Crippen LogP contribution is 2.12. The van der Waals surface area contributed by atoms with E-state index in [0.717, 1.165) is 5.56 Å². The first kappa shape index (κ1) is 15.4. The lowest BCUT2D eigenvalue weighted by atomic mass is 10.2. The summed E-state index contributed by atoms with van der Waals surface area (Å²) in [6.07, 6.45) is 1.60. The van der Waals surface area contributed by atoms with Crippen LogP contribution >= 0.6 is 0 Å². The van der Waals surface area contributed by atoms with Gasteiger partial charge in [0.05, 0.1) is 4.92 Å². The smallest absolute Gasteiger partial charge is 0.269 e. The maximum atomic E-state index is 12.1. The van der Waals surface area contributed by atoms with Gasteiger partial charge in [-0.2, -0.15) is 0 Å². The fraction of sp³-hybridized carbons (Fsp3) is 0.200. The van der Waals surface area contributed by atoms with Gasteiger partial charge in [0.1, 0.15) is 5.69 Å². The summed E-state index contributed by atoms with van der Waals surface area (Å²) in [5.74, 6) is -0.418. The van der Waals surface area contributed by atoms with Crippen LogP contribution < -0.4 is 5.32 Å². The molecule has 0 bridgehead atoms. The number of Topliss-reactive ketones (excluding diaryl/α,β-unsaturated/α-hetero) is 1. The minimum Gasteiger partial charge on any atom is -0.347 e. The number of rotatable bonds is 5. The van der Waals surface area contributed by atoms with E-state index in [4.69, 9.17) is 0 Å². The molecule has 2 rings (SSSR count). The normalized spacial score (nSPS) is 10.3. The third kappa shape index (κ3) is 3.38. The second-order valence-electron chi connectivity index (χ2n) is 4.89. The molecule has 2 aromatic rings. The molecule has 7 nitrogen and oxygen atoms in total. The summed E-state index contributed by atoms with van der Waals surface area (Å²) in [7, 11) is 1.69. The first-order chi connectivity index (χ1) is 10.4. The molecule has 0 unspecified atom stereocenters. The van der Waals surface area contributed by atoms with Crippen LogP contribution in [0.1, 0.15) is 33.3 Å². The SMILES string of the molecule is CC(=O)c1cc(C(=O)NCc2ccc([N+](=O)[O-])cc2)n(C)c1. The number of nitrogens with one attached hydrogen (secondary N) is 1. The van der Waals surface area contributed by atoms with Gasteiger partial charge < -0.3 is 9.88 Å². The van der Waals surface area contributed by atoms with Crippen LogP contribution in [0, 0.1) is 10.1 Å². The molecule has 1 aromatic heterocycles. The van der Waals surface area contributed by atoms with Crippen LogP contribution in [0.5, 0.6) is 0 Å². The van der Waals surface area contributed by atoms with Gasteiger partial charge in [-0.1, -0.05) is 12.1 Å². The van der Waals surface area contributed by atoms with Crippen LogP contribution in [0.4, 0.5) is 5.69 Å². The Morgan fingerprint density at radius 3 is 2.41 bits per heavy atom. The molecular weight excluding hydrogens is 286 g/mol. The molecule has 0 aliphatic heterocycles. The Labute approximate surface area is 126 Å². The molecule has 0 atom stereocenters. The number of amides is 1. The summed E-state index contributed by atoms with van der Waals surface area (Å²) < 4.78 is 1.59. The summed E-state index contributed by atoms with van der Waals surface area (Å²) in [6, 6.07) is 7.48. The van der Waals surface area contributed by atoms with Crippen molar-refractivity contribution in [2.24, 2.45) is 7.05 Å². The standard InChI is InChI=1S/C15H15N3O4/c1-10(19)12-7-14(17(2)9-12)15(20)16-8-11-3-5-13(6-4-11)18(21)22/h3-7,9H,8H2,1-2H3,(H,16,20). The Morgan fingerprint density at radius 2 is 1.91 bits per heavy atom. The zero-order valence-electron chi connectivity index (χ0n) is 12.2. The summed E-state index contributed by atoms with van der Waals surface area (Å²) in [5, 5.41) is 13.3. The van der Waals surface area contributed by atoms with Crippen LogP contribution in [0.25, 0.3) is 0 Å². The molecule has 1 amide bonds. The number of ketones is 1. The number of benzene rings is 1. The predicted molar refractivity (Wildman–Crippen MR) is 79.7 cm³/mol. The predicted octanol–water partition coefficient (Wildman–Crippen LogP) is 2.07. The van der Waals surface area contributed by atoms with E-state index in [1.54, 1.807) is 29.9 Å². The van der Waals surface area contributed by atoms with E-state index in [0.29, 0.717) is 11.3 Å². The molecule has 0 aliphatic rings. The number of aromatic nitrogens is 1. The number of non-ortho nitro benzene ring substituents is 1. The van der Waals surface area contributed by atoms with E-state index in [1.807, 2.05) is 0 Å². The van der Waals surface area contributed by atoms with E-state index in [-0.39, 0.29) is 23.9 Å². The van der Waals surface area contributed by atoms with Crippen molar-refractivity contribution in [3.05, 3.63) is 63.5 Å². The molecule has 1 heterocycles. The average molecular weight is 301 g/mol. The summed E-state index contributed by atoms with van der Waals surface area (Å²) in [5.41, 5.74) is 1.61. The summed E-state index contributed by atoms with van der Waals surface area (Å²) >= 11 is 0. The Bertz CT molecular complexity index is 732. The lowest BCUT2D eigenvalue weighted by Crippen LogP contribution is -2.24. The van der Waals surface area contributed by atoms with Crippen molar-refractivity contribution in [2.45, 2.75) is 13.5 Å². The van der Waals surface area contributed by atoms with E-state index >= 15 is 0 Å². The minimum absolute atomic E-state index is 0.00334. The second-order valence-corrected chi connectivity index (χ2v) is 4.89. The van der Waals surface area contributed by atoms with Crippen molar-refractivity contribution in [3.8, 4) is 0 Å². The van der Waals surface area contributed by atoms with Crippen molar-refractivity contribution in [1.82, 2.24) is 9.88 Å². The van der Waals surface area contributed by atoms with E-state index in [9.17, 15) is 19.7 Å². The van der Waals surface area contributed by atoms with Gasteiger partial charge in [-0.25, -0.2) is 0 Å². The number of carbonyl (C=O) groups is 2. The molecule has 0 radical (unpaired) electrons. The molecule has 1 aromatic carbocycles. The third-order valence-electron chi connectivity index (χ3n) is 3.24. The van der Waals surface area contributed by atoms with Crippen LogP contribution in [-0.4, -0.2) is 21.2 Å². The zero-order chi connectivity index (χ0) is 16.3. The van der Waals surface area contributed by atoms with Crippen LogP contribution in [0.15, 0.2) is 36.5 Å². The fourth-order valence-corrected chi connectivity index (χ4v) is 1.99. The van der Waals surface area contributed by atoms with Gasteiger partial charge in [-0.05, 0) is 18.6 Å². The Kier molecular flexibility index (Phi) is 4.36. The first-order valence-corrected chi connectivity index (χ1v) is 6.57. The number of hydrogen-bond acceptors (Lipinski definition) is 4. The topological polar surface area (TPSA) is 94.2 Å².